The fraction of sp³-hybridized carbons (Fsp3) is 0.0667. The SMILES string of the molecule is NC1=N[C@H](c2ccc(Cl)cc2)N(c2ccc(S(N)(=O)=O)cc2)C(N)=N1. The van der Waals surface area contributed by atoms with E-state index in [1.807, 2.05) is 0 Å². The maximum absolute atomic E-state index is 11.4. The first-order valence-electron chi connectivity index (χ1n) is 7.11. The summed E-state index contributed by atoms with van der Waals surface area (Å²) >= 11 is 5.93. The smallest absolute Gasteiger partial charge is 0.238 e. The van der Waals surface area contributed by atoms with E-state index in [1.165, 1.54) is 12.1 Å². The molecule has 6 N–H and O–H groups in total. The lowest BCUT2D eigenvalue weighted by Gasteiger charge is -2.32. The highest BCUT2D eigenvalue weighted by molar-refractivity contribution is 7.89. The predicted molar refractivity (Wildman–Crippen MR) is 97.7 cm³/mol. The Kier molecular flexibility index (Phi) is 4.38. The van der Waals surface area contributed by atoms with Crippen LogP contribution in [-0.4, -0.2) is 20.3 Å². The van der Waals surface area contributed by atoms with E-state index in [-0.39, 0.29) is 16.8 Å². The lowest BCUT2D eigenvalue weighted by Crippen LogP contribution is -2.44. The molecular weight excluding hydrogens is 364 g/mol. The molecule has 0 bridgehead atoms. The molecule has 3 rings (SSSR count). The number of halogens is 1. The monoisotopic (exact) mass is 378 g/mol. The number of primary sulfonamides is 1. The number of nitrogens with two attached hydrogens (primary N) is 3. The van der Waals surface area contributed by atoms with Gasteiger partial charge in [-0.2, -0.15) is 4.99 Å². The number of anilines is 1. The average Bonchev–Trinajstić information content (AvgIpc) is 2.54. The van der Waals surface area contributed by atoms with Crippen molar-refractivity contribution < 1.29 is 8.42 Å². The first-order valence-corrected chi connectivity index (χ1v) is 9.03. The van der Waals surface area contributed by atoms with Crippen LogP contribution < -0.4 is 21.5 Å². The van der Waals surface area contributed by atoms with Crippen LogP contribution in [0.2, 0.25) is 5.02 Å². The van der Waals surface area contributed by atoms with Crippen molar-refractivity contribution in [3.8, 4) is 0 Å². The van der Waals surface area contributed by atoms with Gasteiger partial charge in [0.25, 0.3) is 0 Å². The number of sulfonamides is 1. The zero-order valence-electron chi connectivity index (χ0n) is 12.9. The molecule has 10 heteroatoms. The van der Waals surface area contributed by atoms with E-state index in [0.29, 0.717) is 10.7 Å². The number of nitrogens with zero attached hydrogens (tertiary/aromatic N) is 3. The molecule has 25 heavy (non-hydrogen) atoms. The largest absolute Gasteiger partial charge is 0.369 e. The van der Waals surface area contributed by atoms with Gasteiger partial charge in [-0.1, -0.05) is 23.7 Å². The number of guanidine groups is 2. The summed E-state index contributed by atoms with van der Waals surface area (Å²) in [6, 6.07) is 13.0. The van der Waals surface area contributed by atoms with Crippen molar-refractivity contribution in [3.05, 3.63) is 59.1 Å². The van der Waals surface area contributed by atoms with Crippen molar-refractivity contribution in [1.29, 1.82) is 0 Å². The Hall–Kier alpha value is -2.62. The van der Waals surface area contributed by atoms with E-state index in [4.69, 9.17) is 28.2 Å². The topological polar surface area (TPSA) is 140 Å². The lowest BCUT2D eigenvalue weighted by molar-refractivity contribution is 0.598. The van der Waals surface area contributed by atoms with Gasteiger partial charge in [-0.25, -0.2) is 18.5 Å². The molecule has 130 valence electrons. The van der Waals surface area contributed by atoms with E-state index in [0.717, 1.165) is 5.56 Å². The van der Waals surface area contributed by atoms with E-state index in [9.17, 15) is 8.42 Å². The molecule has 1 atom stereocenters. The van der Waals surface area contributed by atoms with Crippen LogP contribution in [0.4, 0.5) is 5.69 Å². The van der Waals surface area contributed by atoms with Crippen LogP contribution in [0.15, 0.2) is 63.4 Å². The minimum absolute atomic E-state index is 0.00479. The van der Waals surface area contributed by atoms with Gasteiger partial charge in [-0.3, -0.25) is 4.90 Å². The first kappa shape index (κ1) is 17.2. The van der Waals surface area contributed by atoms with Gasteiger partial charge in [0.2, 0.25) is 21.9 Å². The van der Waals surface area contributed by atoms with Crippen molar-refractivity contribution in [2.75, 3.05) is 4.90 Å². The summed E-state index contributed by atoms with van der Waals surface area (Å²) in [5.41, 5.74) is 13.1. The predicted octanol–water partition coefficient (Wildman–Crippen LogP) is 1.14. The second-order valence-corrected chi connectivity index (χ2v) is 7.29. The van der Waals surface area contributed by atoms with Crippen LogP contribution in [0, 0.1) is 0 Å². The van der Waals surface area contributed by atoms with Crippen LogP contribution in [0.1, 0.15) is 11.7 Å². The summed E-state index contributed by atoms with van der Waals surface area (Å²) in [5.74, 6) is 0.186. The second-order valence-electron chi connectivity index (χ2n) is 5.29. The number of benzene rings is 2. The van der Waals surface area contributed by atoms with Gasteiger partial charge in [0, 0.05) is 10.7 Å². The highest BCUT2D eigenvalue weighted by Gasteiger charge is 2.27. The normalized spacial score (nSPS) is 17.8. The maximum Gasteiger partial charge on any atom is 0.238 e. The molecule has 1 aliphatic rings. The Morgan fingerprint density at radius 3 is 2.16 bits per heavy atom. The molecule has 0 aliphatic carbocycles. The van der Waals surface area contributed by atoms with E-state index in [2.05, 4.69) is 9.98 Å². The average molecular weight is 379 g/mol. The molecular formula is C15H15ClN6O2S. The molecule has 2 aromatic carbocycles. The zero-order valence-corrected chi connectivity index (χ0v) is 14.4. The molecule has 0 saturated heterocycles. The summed E-state index contributed by atoms with van der Waals surface area (Å²) in [6.45, 7) is 0. The molecule has 0 radical (unpaired) electrons. The van der Waals surface area contributed by atoms with Gasteiger partial charge in [0.05, 0.1) is 4.90 Å². The molecule has 8 nitrogen and oxygen atoms in total. The zero-order chi connectivity index (χ0) is 18.2. The molecule has 0 fully saturated rings. The Morgan fingerprint density at radius 2 is 1.60 bits per heavy atom. The summed E-state index contributed by atoms with van der Waals surface area (Å²) in [7, 11) is -3.79. The van der Waals surface area contributed by atoms with Crippen molar-refractivity contribution in [2.24, 2.45) is 26.6 Å². The summed E-state index contributed by atoms with van der Waals surface area (Å²) in [6.07, 6.45) is -0.560. The fourth-order valence-electron chi connectivity index (χ4n) is 2.44. The molecule has 0 unspecified atom stereocenters. The van der Waals surface area contributed by atoms with E-state index >= 15 is 0 Å². The Balaban J connectivity index is 2.04. The van der Waals surface area contributed by atoms with Gasteiger partial charge >= 0.3 is 0 Å². The third kappa shape index (κ3) is 3.58. The van der Waals surface area contributed by atoms with Gasteiger partial charge in [0.15, 0.2) is 6.17 Å². The van der Waals surface area contributed by atoms with Crippen LogP contribution >= 0.6 is 11.6 Å². The van der Waals surface area contributed by atoms with E-state index in [1.54, 1.807) is 41.3 Å². The molecule has 0 aromatic heterocycles. The maximum atomic E-state index is 11.4. The molecule has 2 aromatic rings. The lowest BCUT2D eigenvalue weighted by atomic mass is 10.1. The highest BCUT2D eigenvalue weighted by Crippen LogP contribution is 2.31. The summed E-state index contributed by atoms with van der Waals surface area (Å²) in [5, 5.41) is 5.71. The van der Waals surface area contributed by atoms with Crippen molar-refractivity contribution in [2.45, 2.75) is 11.1 Å². The van der Waals surface area contributed by atoms with Gasteiger partial charge in [-0.05, 0) is 42.0 Å². The Labute approximate surface area is 149 Å². The standard InChI is InChI=1S/C15H15ClN6O2S/c16-10-3-1-9(2-4-10)13-20-14(17)21-15(18)22(13)11-5-7-12(8-6-11)25(19,23)24/h1-8,13H,(H2,19,23,24)(H4,17,18,20,21)/t13-/m0/s1. The Morgan fingerprint density at radius 1 is 1.00 bits per heavy atom. The van der Waals surface area contributed by atoms with Crippen LogP contribution in [-0.2, 0) is 10.0 Å². The van der Waals surface area contributed by atoms with Gasteiger partial charge < -0.3 is 11.5 Å². The quantitative estimate of drug-likeness (QED) is 0.734. The number of hydrogen-bond acceptors (Lipinski definition) is 7. The minimum Gasteiger partial charge on any atom is -0.369 e. The minimum atomic E-state index is -3.79. The van der Waals surface area contributed by atoms with Crippen molar-refractivity contribution >= 4 is 39.2 Å². The third-order valence-corrected chi connectivity index (χ3v) is 4.77. The van der Waals surface area contributed by atoms with Crippen molar-refractivity contribution in [3.63, 3.8) is 0 Å². The van der Waals surface area contributed by atoms with E-state index < -0.39 is 16.2 Å². The summed E-state index contributed by atoms with van der Waals surface area (Å²) in [4.78, 5) is 9.94. The number of aliphatic imine (C=N–C) groups is 2. The van der Waals surface area contributed by atoms with Crippen molar-refractivity contribution in [1.82, 2.24) is 0 Å². The molecule has 0 amide bonds. The van der Waals surface area contributed by atoms with Crippen LogP contribution in [0.5, 0.6) is 0 Å². The molecule has 1 aliphatic heterocycles. The molecule has 0 spiro atoms. The third-order valence-electron chi connectivity index (χ3n) is 3.59. The Bertz CT molecular complexity index is 955. The molecule has 1 heterocycles. The second kappa shape index (κ2) is 6.36. The van der Waals surface area contributed by atoms with Gasteiger partial charge in [-0.15, -0.1) is 0 Å². The summed E-state index contributed by atoms with van der Waals surface area (Å²) < 4.78 is 22.8. The first-order chi connectivity index (χ1) is 11.8. The van der Waals surface area contributed by atoms with Crippen LogP contribution in [0.3, 0.4) is 0 Å². The number of hydrogen-bond donors (Lipinski definition) is 3. The van der Waals surface area contributed by atoms with Gasteiger partial charge in [0.1, 0.15) is 0 Å². The fourth-order valence-corrected chi connectivity index (χ4v) is 3.08. The van der Waals surface area contributed by atoms with Crippen LogP contribution in [0.25, 0.3) is 0 Å². The highest BCUT2D eigenvalue weighted by atomic mass is 35.5. The molecule has 0 saturated carbocycles. The number of rotatable bonds is 3.